The van der Waals surface area contributed by atoms with Gasteiger partial charge < -0.3 is 19.6 Å². The largest absolute Gasteiger partial charge is 0.507 e. The number of aliphatic hydroxyl groups excluding tert-OH is 1. The van der Waals surface area contributed by atoms with Gasteiger partial charge in [-0.15, -0.1) is 0 Å². The summed E-state index contributed by atoms with van der Waals surface area (Å²) in [7, 11) is 0. The Morgan fingerprint density at radius 3 is 2.52 bits per heavy atom. The minimum absolute atomic E-state index is 0.107. The number of ketones is 1. The Hall–Kier alpha value is -3.45. The third kappa shape index (κ3) is 3.03. The van der Waals surface area contributed by atoms with Crippen molar-refractivity contribution in [2.24, 2.45) is 0 Å². The Labute approximate surface area is 192 Å². The number of fused-ring (bicyclic) bond motifs is 2. The highest BCUT2D eigenvalue weighted by Crippen LogP contribution is 2.53. The number of Topliss-reactive ketones (excluding diaryl/α,β-unsaturated/α-hetero) is 1. The third-order valence-corrected chi connectivity index (χ3v) is 6.71. The summed E-state index contributed by atoms with van der Waals surface area (Å²) in [4.78, 5) is 44.1. The van der Waals surface area contributed by atoms with Crippen LogP contribution in [-0.4, -0.2) is 53.4 Å². The standard InChI is InChI=1S/C26H26N2O5/c1-2-14-27-20-13-7-6-12-19(20)26(25(27)32)21(22(29)17-9-4-3-5-10-17)23(30)24(31)28(26)16-18-11-8-15-33-18/h3-7,9-10,12-13,18,29H,2,8,11,14-16H2,1H3. The molecule has 3 aliphatic rings. The molecular formula is C26H26N2O5. The van der Waals surface area contributed by atoms with Crippen molar-refractivity contribution < 1.29 is 24.2 Å². The molecule has 2 saturated heterocycles. The first-order valence-electron chi connectivity index (χ1n) is 11.4. The van der Waals surface area contributed by atoms with Crippen molar-refractivity contribution in [2.75, 3.05) is 24.6 Å². The van der Waals surface area contributed by atoms with Crippen LogP contribution in [0.5, 0.6) is 0 Å². The van der Waals surface area contributed by atoms with Gasteiger partial charge in [0.15, 0.2) is 5.54 Å². The van der Waals surface area contributed by atoms with Crippen LogP contribution in [-0.2, 0) is 24.7 Å². The average molecular weight is 447 g/mol. The molecule has 1 N–H and O–H groups in total. The summed E-state index contributed by atoms with van der Waals surface area (Å²) in [5.41, 5.74) is -0.314. The molecule has 2 atom stereocenters. The molecule has 2 unspecified atom stereocenters. The van der Waals surface area contributed by atoms with Gasteiger partial charge in [-0.2, -0.15) is 0 Å². The first kappa shape index (κ1) is 21.4. The van der Waals surface area contributed by atoms with Gasteiger partial charge in [0.25, 0.3) is 17.6 Å². The maximum Gasteiger partial charge on any atom is 0.296 e. The monoisotopic (exact) mass is 446 g/mol. The van der Waals surface area contributed by atoms with Crippen LogP contribution in [0.4, 0.5) is 5.69 Å². The molecule has 33 heavy (non-hydrogen) atoms. The Morgan fingerprint density at radius 2 is 1.82 bits per heavy atom. The van der Waals surface area contributed by atoms with Gasteiger partial charge in [0.1, 0.15) is 5.76 Å². The van der Waals surface area contributed by atoms with Crippen molar-refractivity contribution in [3.8, 4) is 0 Å². The number of rotatable bonds is 5. The Morgan fingerprint density at radius 1 is 1.09 bits per heavy atom. The molecule has 7 nitrogen and oxygen atoms in total. The number of nitrogens with zero attached hydrogens (tertiary/aromatic N) is 2. The molecule has 0 radical (unpaired) electrons. The molecule has 2 aromatic rings. The maximum atomic E-state index is 14.2. The fourth-order valence-electron chi connectivity index (χ4n) is 5.30. The molecule has 2 amide bonds. The first-order valence-corrected chi connectivity index (χ1v) is 11.4. The van der Waals surface area contributed by atoms with Gasteiger partial charge in [-0.1, -0.05) is 55.5 Å². The van der Waals surface area contributed by atoms with Crippen molar-refractivity contribution in [2.45, 2.75) is 37.8 Å². The molecular weight excluding hydrogens is 420 g/mol. The molecule has 0 saturated carbocycles. The van der Waals surface area contributed by atoms with E-state index in [4.69, 9.17) is 4.74 Å². The van der Waals surface area contributed by atoms with Crippen molar-refractivity contribution in [3.05, 3.63) is 71.3 Å². The number of anilines is 1. The molecule has 3 aliphatic heterocycles. The number of hydrogen-bond donors (Lipinski definition) is 1. The summed E-state index contributed by atoms with van der Waals surface area (Å²) >= 11 is 0. The summed E-state index contributed by atoms with van der Waals surface area (Å²) in [5.74, 6) is -2.37. The van der Waals surface area contributed by atoms with Gasteiger partial charge in [0, 0.05) is 30.8 Å². The van der Waals surface area contributed by atoms with Crippen LogP contribution in [0.15, 0.2) is 60.2 Å². The molecule has 7 heteroatoms. The van der Waals surface area contributed by atoms with E-state index in [1.165, 1.54) is 4.90 Å². The summed E-state index contributed by atoms with van der Waals surface area (Å²) in [5, 5.41) is 11.4. The van der Waals surface area contributed by atoms with E-state index in [9.17, 15) is 19.5 Å². The molecule has 2 fully saturated rings. The predicted octanol–water partition coefficient (Wildman–Crippen LogP) is 3.20. The number of aliphatic hydroxyl groups is 1. The van der Waals surface area contributed by atoms with E-state index < -0.39 is 17.2 Å². The summed E-state index contributed by atoms with van der Waals surface area (Å²) in [6, 6.07) is 15.8. The maximum absolute atomic E-state index is 14.2. The zero-order valence-electron chi connectivity index (χ0n) is 18.5. The van der Waals surface area contributed by atoms with Gasteiger partial charge in [-0.3, -0.25) is 14.4 Å². The SMILES string of the molecule is CCCN1C(=O)C2(C(=C(O)c3ccccc3)C(=O)C(=O)N2CC2CCCO2)c2ccccc21. The molecule has 0 aliphatic carbocycles. The van der Waals surface area contributed by atoms with E-state index in [0.29, 0.717) is 36.4 Å². The number of amides is 2. The Kier molecular flexibility index (Phi) is 5.29. The highest BCUT2D eigenvalue weighted by atomic mass is 16.5. The number of para-hydroxylation sites is 1. The van der Waals surface area contributed by atoms with Crippen LogP contribution >= 0.6 is 0 Å². The lowest BCUT2D eigenvalue weighted by Crippen LogP contribution is -2.53. The topological polar surface area (TPSA) is 87.2 Å². The third-order valence-electron chi connectivity index (χ3n) is 6.71. The van der Waals surface area contributed by atoms with E-state index in [1.54, 1.807) is 47.4 Å². The molecule has 1 spiro atoms. The fraction of sp³-hybridized carbons (Fsp3) is 0.346. The smallest absolute Gasteiger partial charge is 0.296 e. The summed E-state index contributed by atoms with van der Waals surface area (Å²) in [6.45, 7) is 3.09. The van der Waals surface area contributed by atoms with Gasteiger partial charge >= 0.3 is 0 Å². The van der Waals surface area contributed by atoms with Gasteiger partial charge in [0.2, 0.25) is 0 Å². The molecule has 170 valence electrons. The number of hydrogen-bond acceptors (Lipinski definition) is 5. The molecule has 5 rings (SSSR count). The molecule has 2 aromatic carbocycles. The second kappa shape index (κ2) is 8.15. The lowest BCUT2D eigenvalue weighted by molar-refractivity contribution is -0.145. The number of likely N-dealkylation sites (tertiary alicyclic amines) is 1. The van der Waals surface area contributed by atoms with Crippen LogP contribution in [0.1, 0.15) is 37.3 Å². The van der Waals surface area contributed by atoms with Gasteiger partial charge in [-0.05, 0) is 25.3 Å². The van der Waals surface area contributed by atoms with Crippen LogP contribution in [0.25, 0.3) is 5.76 Å². The zero-order valence-corrected chi connectivity index (χ0v) is 18.5. The minimum Gasteiger partial charge on any atom is -0.507 e. The highest BCUT2D eigenvalue weighted by Gasteiger charge is 2.67. The first-order chi connectivity index (χ1) is 16.0. The Balaban J connectivity index is 1.79. The fourth-order valence-corrected chi connectivity index (χ4v) is 5.30. The lowest BCUT2D eigenvalue weighted by Gasteiger charge is -2.35. The van der Waals surface area contributed by atoms with E-state index in [0.717, 1.165) is 12.8 Å². The quantitative estimate of drug-likeness (QED) is 0.433. The van der Waals surface area contributed by atoms with Crippen molar-refractivity contribution in [1.82, 2.24) is 4.90 Å². The van der Waals surface area contributed by atoms with Crippen molar-refractivity contribution in [1.29, 1.82) is 0 Å². The summed E-state index contributed by atoms with van der Waals surface area (Å²) < 4.78 is 5.77. The van der Waals surface area contributed by atoms with E-state index in [2.05, 4.69) is 0 Å². The lowest BCUT2D eigenvalue weighted by atomic mass is 9.81. The highest BCUT2D eigenvalue weighted by molar-refractivity contribution is 6.50. The van der Waals surface area contributed by atoms with Gasteiger partial charge in [-0.25, -0.2) is 0 Å². The number of ether oxygens (including phenoxy) is 1. The van der Waals surface area contributed by atoms with E-state index >= 15 is 0 Å². The normalized spacial score (nSPS) is 26.0. The Bertz CT molecular complexity index is 1150. The predicted molar refractivity (Wildman–Crippen MR) is 122 cm³/mol. The zero-order chi connectivity index (χ0) is 23.2. The van der Waals surface area contributed by atoms with Crippen molar-refractivity contribution >= 4 is 29.0 Å². The number of benzene rings is 2. The average Bonchev–Trinajstić information content (AvgIpc) is 3.50. The molecule has 0 aromatic heterocycles. The number of carbonyl (C=O) groups excluding carboxylic acids is 3. The number of carbonyl (C=O) groups is 3. The van der Waals surface area contributed by atoms with E-state index in [1.807, 2.05) is 19.1 Å². The van der Waals surface area contributed by atoms with Crippen LogP contribution in [0, 0.1) is 0 Å². The summed E-state index contributed by atoms with van der Waals surface area (Å²) in [6.07, 6.45) is 2.04. The second-order valence-electron chi connectivity index (χ2n) is 8.65. The van der Waals surface area contributed by atoms with Crippen LogP contribution < -0.4 is 4.90 Å². The minimum atomic E-state index is -1.72. The van der Waals surface area contributed by atoms with Crippen LogP contribution in [0.2, 0.25) is 0 Å². The van der Waals surface area contributed by atoms with Gasteiger partial charge in [0.05, 0.1) is 17.4 Å². The van der Waals surface area contributed by atoms with Crippen molar-refractivity contribution in [3.63, 3.8) is 0 Å². The second-order valence-corrected chi connectivity index (χ2v) is 8.65. The molecule has 0 bridgehead atoms. The molecule has 3 heterocycles. The van der Waals surface area contributed by atoms with E-state index in [-0.39, 0.29) is 29.9 Å². The van der Waals surface area contributed by atoms with Crippen LogP contribution in [0.3, 0.4) is 0 Å².